The molecule has 0 fully saturated rings. The molecule has 0 saturated heterocycles. The molecule has 0 amide bonds. The Morgan fingerprint density at radius 1 is 1.24 bits per heavy atom. The maximum absolute atomic E-state index is 6.09. The van der Waals surface area contributed by atoms with E-state index in [0.29, 0.717) is 24.4 Å². The number of para-hydroxylation sites is 1. The predicted octanol–water partition coefficient (Wildman–Crippen LogP) is 4.21. The van der Waals surface area contributed by atoms with Crippen molar-refractivity contribution in [3.63, 3.8) is 0 Å². The summed E-state index contributed by atoms with van der Waals surface area (Å²) in [6.45, 7) is 3.55. The highest BCUT2D eigenvalue weighted by Crippen LogP contribution is 2.31. The van der Waals surface area contributed by atoms with Gasteiger partial charge in [-0.3, -0.25) is 4.99 Å². The van der Waals surface area contributed by atoms with Gasteiger partial charge in [0.25, 0.3) is 0 Å². The number of nitrogens with one attached hydrogen (secondary N) is 1. The number of nitrogens with zero attached hydrogens (tertiary/aromatic N) is 1. The first-order valence-corrected chi connectivity index (χ1v) is 9.10. The molecule has 1 aliphatic heterocycles. The van der Waals surface area contributed by atoms with Gasteiger partial charge >= 0.3 is 0 Å². The second-order valence-electron chi connectivity index (χ2n) is 5.84. The summed E-state index contributed by atoms with van der Waals surface area (Å²) in [5.74, 6) is 1.43. The van der Waals surface area contributed by atoms with E-state index >= 15 is 0 Å². The molecule has 0 radical (unpaired) electrons. The van der Waals surface area contributed by atoms with Gasteiger partial charge in [0, 0.05) is 22.1 Å². The molecule has 2 aromatic carbocycles. The van der Waals surface area contributed by atoms with Crippen LogP contribution in [0.15, 0.2) is 64.5 Å². The smallest absolute Gasteiger partial charge is 0.189 e. The van der Waals surface area contributed by atoms with Crippen molar-refractivity contribution < 1.29 is 4.74 Å². The SMILES string of the molecule is CC(CN=C(N)NC1CCOc2ccccc21)Sc1ccccc1.I. The molecule has 2 atom stereocenters. The van der Waals surface area contributed by atoms with Crippen LogP contribution in [-0.4, -0.2) is 24.4 Å². The average Bonchev–Trinajstić information content (AvgIpc) is 2.61. The summed E-state index contributed by atoms with van der Waals surface area (Å²) in [6.07, 6.45) is 0.890. The van der Waals surface area contributed by atoms with E-state index in [-0.39, 0.29) is 30.0 Å². The Hall–Kier alpha value is -1.41. The van der Waals surface area contributed by atoms with Crippen LogP contribution in [0, 0.1) is 0 Å². The van der Waals surface area contributed by atoms with Gasteiger partial charge in [-0.05, 0) is 18.2 Å². The van der Waals surface area contributed by atoms with E-state index in [4.69, 9.17) is 10.5 Å². The zero-order chi connectivity index (χ0) is 16.8. The van der Waals surface area contributed by atoms with E-state index in [1.807, 2.05) is 36.0 Å². The molecule has 2 unspecified atom stereocenters. The molecule has 25 heavy (non-hydrogen) atoms. The summed E-state index contributed by atoms with van der Waals surface area (Å²) >= 11 is 1.81. The zero-order valence-electron chi connectivity index (χ0n) is 14.2. The summed E-state index contributed by atoms with van der Waals surface area (Å²) < 4.78 is 5.68. The molecule has 0 spiro atoms. The molecule has 0 aliphatic carbocycles. The van der Waals surface area contributed by atoms with Crippen molar-refractivity contribution in [3.05, 3.63) is 60.2 Å². The van der Waals surface area contributed by atoms with Crippen LogP contribution >= 0.6 is 35.7 Å². The van der Waals surface area contributed by atoms with E-state index in [9.17, 15) is 0 Å². The first kappa shape index (κ1) is 19.9. The number of nitrogens with two attached hydrogens (primary N) is 1. The van der Waals surface area contributed by atoms with Crippen molar-refractivity contribution >= 4 is 41.7 Å². The summed E-state index contributed by atoms with van der Waals surface area (Å²) in [6, 6.07) is 18.6. The standard InChI is InChI=1S/C19H23N3OS.HI/c1-14(24-15-7-3-2-4-8-15)13-21-19(20)22-17-11-12-23-18-10-6-5-9-16(17)18;/h2-10,14,17H,11-13H2,1H3,(H3,20,21,22);1H. The number of thioether (sulfide) groups is 1. The first-order valence-electron chi connectivity index (χ1n) is 8.22. The Morgan fingerprint density at radius 2 is 1.96 bits per heavy atom. The third-order valence-electron chi connectivity index (χ3n) is 3.88. The Morgan fingerprint density at radius 3 is 2.76 bits per heavy atom. The number of benzene rings is 2. The van der Waals surface area contributed by atoms with Gasteiger partial charge < -0.3 is 15.8 Å². The molecule has 1 heterocycles. The van der Waals surface area contributed by atoms with Crippen molar-refractivity contribution in [1.82, 2.24) is 5.32 Å². The molecular weight excluding hydrogens is 445 g/mol. The van der Waals surface area contributed by atoms with E-state index in [1.165, 1.54) is 4.90 Å². The van der Waals surface area contributed by atoms with Crippen LogP contribution in [0.25, 0.3) is 0 Å². The van der Waals surface area contributed by atoms with Crippen LogP contribution in [-0.2, 0) is 0 Å². The van der Waals surface area contributed by atoms with Crippen LogP contribution < -0.4 is 15.8 Å². The highest BCUT2D eigenvalue weighted by Gasteiger charge is 2.21. The molecule has 2 aromatic rings. The highest BCUT2D eigenvalue weighted by molar-refractivity contribution is 14.0. The molecule has 3 rings (SSSR count). The van der Waals surface area contributed by atoms with Crippen molar-refractivity contribution in [1.29, 1.82) is 0 Å². The number of aliphatic imine (C=N–C) groups is 1. The van der Waals surface area contributed by atoms with Crippen LogP contribution in [0.4, 0.5) is 0 Å². The number of hydrogen-bond donors (Lipinski definition) is 2. The third kappa shape index (κ3) is 5.81. The lowest BCUT2D eigenvalue weighted by molar-refractivity contribution is 0.262. The zero-order valence-corrected chi connectivity index (χ0v) is 17.4. The van der Waals surface area contributed by atoms with Crippen LogP contribution in [0.3, 0.4) is 0 Å². The minimum Gasteiger partial charge on any atom is -0.493 e. The Balaban J connectivity index is 0.00000225. The minimum absolute atomic E-state index is 0. The molecule has 134 valence electrons. The van der Waals surface area contributed by atoms with Gasteiger partial charge in [0.15, 0.2) is 5.96 Å². The van der Waals surface area contributed by atoms with Gasteiger partial charge in [-0.25, -0.2) is 0 Å². The highest BCUT2D eigenvalue weighted by atomic mass is 127. The minimum atomic E-state index is 0. The fourth-order valence-corrected chi connectivity index (χ4v) is 3.64. The van der Waals surface area contributed by atoms with Crippen LogP contribution in [0.2, 0.25) is 0 Å². The molecular formula is C19H24IN3OS. The molecule has 0 bridgehead atoms. The van der Waals surface area contributed by atoms with E-state index in [0.717, 1.165) is 17.7 Å². The van der Waals surface area contributed by atoms with E-state index in [1.54, 1.807) is 0 Å². The molecule has 3 N–H and O–H groups in total. The topological polar surface area (TPSA) is 59.6 Å². The van der Waals surface area contributed by atoms with E-state index < -0.39 is 0 Å². The van der Waals surface area contributed by atoms with Gasteiger partial charge in [0.1, 0.15) is 5.75 Å². The normalized spacial score (nSPS) is 17.6. The quantitative estimate of drug-likeness (QED) is 0.298. The summed E-state index contributed by atoms with van der Waals surface area (Å²) in [5, 5.41) is 3.70. The number of hydrogen-bond acceptors (Lipinski definition) is 3. The van der Waals surface area contributed by atoms with Crippen molar-refractivity contribution in [3.8, 4) is 5.75 Å². The largest absolute Gasteiger partial charge is 0.493 e. The fourth-order valence-electron chi connectivity index (χ4n) is 2.71. The summed E-state index contributed by atoms with van der Waals surface area (Å²) in [4.78, 5) is 5.76. The molecule has 0 aromatic heterocycles. The maximum Gasteiger partial charge on any atom is 0.189 e. The number of rotatable bonds is 5. The Bertz CT molecular complexity index is 696. The van der Waals surface area contributed by atoms with Gasteiger partial charge in [-0.2, -0.15) is 0 Å². The third-order valence-corrected chi connectivity index (χ3v) is 4.98. The number of fused-ring (bicyclic) bond motifs is 1. The van der Waals surface area contributed by atoms with Gasteiger partial charge in [0.2, 0.25) is 0 Å². The van der Waals surface area contributed by atoms with Crippen molar-refractivity contribution in [2.75, 3.05) is 13.2 Å². The van der Waals surface area contributed by atoms with Gasteiger partial charge in [0.05, 0.1) is 19.2 Å². The fraction of sp³-hybridized carbons (Fsp3) is 0.316. The molecule has 4 nitrogen and oxygen atoms in total. The average molecular weight is 469 g/mol. The van der Waals surface area contributed by atoms with Crippen molar-refractivity contribution in [2.24, 2.45) is 10.7 Å². The van der Waals surface area contributed by atoms with Crippen molar-refractivity contribution in [2.45, 2.75) is 29.5 Å². The second kappa shape index (κ2) is 9.91. The lowest BCUT2D eigenvalue weighted by Gasteiger charge is -2.27. The van der Waals surface area contributed by atoms with Crippen LogP contribution in [0.1, 0.15) is 24.9 Å². The lowest BCUT2D eigenvalue weighted by atomic mass is 10.0. The Labute approximate surface area is 170 Å². The summed E-state index contributed by atoms with van der Waals surface area (Å²) in [7, 11) is 0. The molecule has 0 saturated carbocycles. The first-order chi connectivity index (χ1) is 11.7. The maximum atomic E-state index is 6.09. The summed E-state index contributed by atoms with van der Waals surface area (Å²) in [5.41, 5.74) is 7.24. The number of ether oxygens (including phenoxy) is 1. The van der Waals surface area contributed by atoms with Crippen LogP contribution in [0.5, 0.6) is 5.75 Å². The predicted molar refractivity (Wildman–Crippen MR) is 116 cm³/mol. The van der Waals surface area contributed by atoms with E-state index in [2.05, 4.69) is 47.6 Å². The Kier molecular flexibility index (Phi) is 7.90. The monoisotopic (exact) mass is 469 g/mol. The lowest BCUT2D eigenvalue weighted by Crippen LogP contribution is -2.37. The number of guanidine groups is 1. The molecule has 1 aliphatic rings. The van der Waals surface area contributed by atoms with Gasteiger partial charge in [-0.1, -0.05) is 43.3 Å². The van der Waals surface area contributed by atoms with Gasteiger partial charge in [-0.15, -0.1) is 35.7 Å². The molecule has 6 heteroatoms. The second-order valence-corrected chi connectivity index (χ2v) is 7.35. The number of halogens is 1.